The van der Waals surface area contributed by atoms with Gasteiger partial charge in [-0.3, -0.25) is 4.79 Å². The Kier molecular flexibility index (Phi) is 6.01. The van der Waals surface area contributed by atoms with Gasteiger partial charge < -0.3 is 14.2 Å². The monoisotopic (exact) mass is 447 g/mol. The molecule has 10 heteroatoms. The van der Waals surface area contributed by atoms with E-state index in [-0.39, 0.29) is 12.2 Å². The van der Waals surface area contributed by atoms with E-state index >= 15 is 0 Å². The van der Waals surface area contributed by atoms with Gasteiger partial charge >= 0.3 is 5.97 Å². The van der Waals surface area contributed by atoms with Crippen molar-refractivity contribution in [2.45, 2.75) is 26.4 Å². The molecule has 3 heterocycles. The second kappa shape index (κ2) is 8.85. The minimum absolute atomic E-state index is 0.115. The van der Waals surface area contributed by atoms with Crippen molar-refractivity contribution in [1.82, 2.24) is 14.6 Å². The van der Waals surface area contributed by atoms with E-state index in [1.165, 1.54) is 28.0 Å². The van der Waals surface area contributed by atoms with Gasteiger partial charge in [0.25, 0.3) is 5.56 Å². The molecule has 1 aliphatic rings. The quantitative estimate of drug-likeness (QED) is 0.437. The van der Waals surface area contributed by atoms with Crippen molar-refractivity contribution >= 4 is 39.9 Å². The Bertz CT molecular complexity index is 1190. The molecule has 0 N–H and O–H groups in total. The van der Waals surface area contributed by atoms with Gasteiger partial charge in [0.2, 0.25) is 4.96 Å². The third-order valence-corrected chi connectivity index (χ3v) is 5.57. The molecule has 0 radical (unpaired) electrons. The highest BCUT2D eigenvalue weighted by Crippen LogP contribution is 2.38. The van der Waals surface area contributed by atoms with Gasteiger partial charge in [0.1, 0.15) is 11.6 Å². The average molecular weight is 448 g/mol. The first-order valence-corrected chi connectivity index (χ1v) is 10.6. The summed E-state index contributed by atoms with van der Waals surface area (Å²) in [5.41, 5.74) is 0.738. The second-order valence-corrected chi connectivity index (χ2v) is 7.90. The first kappa shape index (κ1) is 20.4. The zero-order chi connectivity index (χ0) is 21.1. The molecule has 0 unspecified atom stereocenters. The summed E-state index contributed by atoms with van der Waals surface area (Å²) in [6.07, 6.45) is 4.34. The molecule has 156 valence electrons. The van der Waals surface area contributed by atoms with Crippen LogP contribution in [-0.2, 0) is 22.6 Å². The molecule has 4 rings (SSSR count). The van der Waals surface area contributed by atoms with Crippen molar-refractivity contribution in [2.24, 2.45) is 0 Å². The molecule has 0 aliphatic carbocycles. The molecule has 0 atom stereocenters. The Morgan fingerprint density at radius 2 is 2.17 bits per heavy atom. The molecular weight excluding hydrogens is 430 g/mol. The lowest BCUT2D eigenvalue weighted by Gasteiger charge is -2.09. The number of fused-ring (bicyclic) bond motifs is 2. The van der Waals surface area contributed by atoms with E-state index in [9.17, 15) is 9.59 Å². The lowest BCUT2D eigenvalue weighted by Crippen LogP contribution is -2.16. The van der Waals surface area contributed by atoms with Crippen LogP contribution in [0.4, 0.5) is 0 Å². The molecule has 0 fully saturated rings. The predicted octanol–water partition coefficient (Wildman–Crippen LogP) is 3.28. The minimum atomic E-state index is -0.571. The van der Waals surface area contributed by atoms with Crippen LogP contribution in [0.15, 0.2) is 29.1 Å². The number of ether oxygens (including phenoxy) is 3. The Balaban J connectivity index is 1.43. The molecule has 0 amide bonds. The van der Waals surface area contributed by atoms with Gasteiger partial charge in [0.15, 0.2) is 11.5 Å². The van der Waals surface area contributed by atoms with Gasteiger partial charge in [-0.1, -0.05) is 29.9 Å². The largest absolute Gasteiger partial charge is 0.489 e. The first-order valence-electron chi connectivity index (χ1n) is 9.36. The van der Waals surface area contributed by atoms with Crippen LogP contribution in [0.1, 0.15) is 29.6 Å². The number of esters is 1. The van der Waals surface area contributed by atoms with E-state index in [0.717, 1.165) is 11.4 Å². The molecule has 3 aromatic rings. The third-order valence-electron chi connectivity index (χ3n) is 4.24. The van der Waals surface area contributed by atoms with E-state index in [2.05, 4.69) is 10.1 Å². The van der Waals surface area contributed by atoms with Crippen LogP contribution in [0.3, 0.4) is 0 Å². The van der Waals surface area contributed by atoms with Gasteiger partial charge in [-0.25, -0.2) is 9.78 Å². The third kappa shape index (κ3) is 4.47. The molecule has 0 saturated carbocycles. The molecule has 1 aromatic carbocycles. The van der Waals surface area contributed by atoms with Crippen LogP contribution in [0.5, 0.6) is 11.5 Å². The smallest absolute Gasteiger partial charge is 0.331 e. The van der Waals surface area contributed by atoms with Gasteiger partial charge in [0.05, 0.1) is 23.9 Å². The number of hydrogen-bond acceptors (Lipinski definition) is 8. The highest BCUT2D eigenvalue weighted by atomic mass is 35.5. The summed E-state index contributed by atoms with van der Waals surface area (Å²) in [6, 6.07) is 4.75. The second-order valence-electron chi connectivity index (χ2n) is 6.45. The zero-order valence-electron chi connectivity index (χ0n) is 16.1. The standard InChI is InChI=1S/C20H18ClN3O5S/c1-2-16-23-24-17(25)10-13(22-20(24)30-16)11-29-18(26)5-4-12-8-14(21)19-15(9-12)27-6-3-7-28-19/h4-5,8-10H,2-3,6-7,11H2,1H3/b5-4+. The van der Waals surface area contributed by atoms with Crippen LogP contribution < -0.4 is 15.0 Å². The topological polar surface area (TPSA) is 92.0 Å². The lowest BCUT2D eigenvalue weighted by atomic mass is 10.2. The lowest BCUT2D eigenvalue weighted by molar-refractivity contribution is -0.139. The number of aromatic nitrogens is 3. The maximum Gasteiger partial charge on any atom is 0.331 e. The summed E-state index contributed by atoms with van der Waals surface area (Å²) in [5.74, 6) is 0.483. The molecular formula is C20H18ClN3O5S. The highest BCUT2D eigenvalue weighted by molar-refractivity contribution is 7.16. The maximum absolute atomic E-state index is 12.1. The normalized spacial score (nSPS) is 13.5. The van der Waals surface area contributed by atoms with Crippen molar-refractivity contribution in [3.63, 3.8) is 0 Å². The SMILES string of the molecule is CCc1nn2c(=O)cc(COC(=O)/C=C/c3cc(Cl)c4c(c3)OCCCO4)nc2s1. The molecule has 0 saturated heterocycles. The van der Waals surface area contributed by atoms with Gasteiger partial charge in [-0.15, -0.1) is 0 Å². The Labute approximate surface area is 180 Å². The fourth-order valence-electron chi connectivity index (χ4n) is 2.82. The Morgan fingerprint density at radius 3 is 3.00 bits per heavy atom. The number of rotatable bonds is 5. The molecule has 30 heavy (non-hydrogen) atoms. The minimum Gasteiger partial charge on any atom is -0.489 e. The number of carbonyl (C=O) groups excluding carboxylic acids is 1. The van der Waals surface area contributed by atoms with Crippen LogP contribution in [-0.4, -0.2) is 33.8 Å². The van der Waals surface area contributed by atoms with Crippen LogP contribution in [0.2, 0.25) is 5.02 Å². The van der Waals surface area contributed by atoms with Crippen molar-refractivity contribution < 1.29 is 19.0 Å². The number of aryl methyl sites for hydroxylation is 1. The number of halogens is 1. The summed E-state index contributed by atoms with van der Waals surface area (Å²) >= 11 is 7.59. The number of hydrogen-bond donors (Lipinski definition) is 0. The van der Waals surface area contributed by atoms with E-state index in [0.29, 0.717) is 52.4 Å². The predicted molar refractivity (Wildman–Crippen MR) is 112 cm³/mol. The molecule has 1 aliphatic heterocycles. The summed E-state index contributed by atoms with van der Waals surface area (Å²) in [5, 5.41) is 5.41. The molecule has 0 bridgehead atoms. The van der Waals surface area contributed by atoms with Gasteiger partial charge in [0, 0.05) is 18.6 Å². The average Bonchev–Trinajstić information content (AvgIpc) is 3.01. The highest BCUT2D eigenvalue weighted by Gasteiger charge is 2.15. The maximum atomic E-state index is 12.1. The first-order chi connectivity index (χ1) is 14.5. The summed E-state index contributed by atoms with van der Waals surface area (Å²) in [4.78, 5) is 29.0. The summed E-state index contributed by atoms with van der Waals surface area (Å²) < 4.78 is 17.7. The van der Waals surface area contributed by atoms with E-state index < -0.39 is 5.97 Å². The molecule has 8 nitrogen and oxygen atoms in total. The number of carbonyl (C=O) groups is 1. The zero-order valence-corrected chi connectivity index (χ0v) is 17.7. The summed E-state index contributed by atoms with van der Waals surface area (Å²) in [6.45, 7) is 2.92. The van der Waals surface area contributed by atoms with Crippen molar-refractivity contribution in [3.05, 3.63) is 55.9 Å². The molecule has 2 aromatic heterocycles. The Morgan fingerprint density at radius 1 is 1.33 bits per heavy atom. The van der Waals surface area contributed by atoms with Crippen LogP contribution in [0.25, 0.3) is 11.0 Å². The Hall–Kier alpha value is -2.91. The molecule has 0 spiro atoms. The fourth-order valence-corrected chi connectivity index (χ4v) is 3.95. The van der Waals surface area contributed by atoms with Crippen molar-refractivity contribution in [1.29, 1.82) is 0 Å². The summed E-state index contributed by atoms with van der Waals surface area (Å²) in [7, 11) is 0. The van der Waals surface area contributed by atoms with Crippen molar-refractivity contribution in [3.8, 4) is 11.5 Å². The fraction of sp³-hybridized carbons (Fsp3) is 0.300. The van der Waals surface area contributed by atoms with Gasteiger partial charge in [-0.2, -0.15) is 9.61 Å². The van der Waals surface area contributed by atoms with E-state index in [1.54, 1.807) is 18.2 Å². The number of nitrogens with zero attached hydrogens (tertiary/aromatic N) is 3. The van der Waals surface area contributed by atoms with E-state index in [1.807, 2.05) is 6.92 Å². The van der Waals surface area contributed by atoms with Crippen LogP contribution in [0, 0.1) is 0 Å². The van der Waals surface area contributed by atoms with Crippen molar-refractivity contribution in [2.75, 3.05) is 13.2 Å². The van der Waals surface area contributed by atoms with Gasteiger partial charge in [-0.05, 0) is 30.2 Å². The number of benzene rings is 1. The van der Waals surface area contributed by atoms with E-state index in [4.69, 9.17) is 25.8 Å². The van der Waals surface area contributed by atoms with Crippen LogP contribution >= 0.6 is 22.9 Å².